The van der Waals surface area contributed by atoms with Crippen LogP contribution in [0.1, 0.15) is 22.8 Å². The molecule has 6 heteroatoms. The molecule has 0 fully saturated rings. The fourth-order valence-corrected chi connectivity index (χ4v) is 3.21. The molecule has 0 aliphatic rings. The Kier molecular flexibility index (Phi) is 4.99. The summed E-state index contributed by atoms with van der Waals surface area (Å²) in [5.41, 5.74) is 2.19. The number of carbonyl (C=O) groups is 1. The van der Waals surface area contributed by atoms with Crippen LogP contribution in [0.3, 0.4) is 0 Å². The number of esters is 1. The van der Waals surface area contributed by atoms with E-state index in [9.17, 15) is 9.18 Å². The molecule has 0 saturated heterocycles. The molecular formula is C23H19FN2O3. The topological polar surface area (TPSA) is 64.2 Å². The Balaban J connectivity index is 1.73. The van der Waals surface area contributed by atoms with E-state index in [1.807, 2.05) is 18.2 Å². The van der Waals surface area contributed by atoms with Crippen LogP contribution in [0.5, 0.6) is 11.5 Å². The average Bonchev–Trinajstić information content (AvgIpc) is 3.18. The first-order chi connectivity index (χ1) is 14.1. The minimum atomic E-state index is -0.573. The predicted molar refractivity (Wildman–Crippen MR) is 109 cm³/mol. The van der Waals surface area contributed by atoms with Crippen LogP contribution in [0.2, 0.25) is 0 Å². The third-order valence-corrected chi connectivity index (χ3v) is 4.80. The lowest BCUT2D eigenvalue weighted by atomic mass is 10.0. The van der Waals surface area contributed by atoms with Crippen LogP contribution in [0.25, 0.3) is 21.9 Å². The number of aromatic nitrogens is 2. The number of nitrogens with one attached hydrogen (secondary N) is 1. The van der Waals surface area contributed by atoms with E-state index in [-0.39, 0.29) is 11.1 Å². The average molecular weight is 390 g/mol. The maximum absolute atomic E-state index is 13.8. The van der Waals surface area contributed by atoms with E-state index in [0.29, 0.717) is 17.1 Å². The van der Waals surface area contributed by atoms with Gasteiger partial charge >= 0.3 is 5.97 Å². The van der Waals surface area contributed by atoms with Crippen molar-refractivity contribution in [3.05, 3.63) is 77.9 Å². The maximum Gasteiger partial charge on any atom is 0.341 e. The van der Waals surface area contributed by atoms with Crippen LogP contribution in [-0.2, 0) is 11.2 Å². The number of ether oxygens (including phenoxy) is 2. The second-order valence-corrected chi connectivity index (χ2v) is 6.60. The van der Waals surface area contributed by atoms with Crippen molar-refractivity contribution in [3.63, 3.8) is 0 Å². The third-order valence-electron chi connectivity index (χ3n) is 4.80. The minimum Gasteiger partial charge on any atom is -0.465 e. The molecule has 1 heterocycles. The number of rotatable bonds is 5. The van der Waals surface area contributed by atoms with E-state index < -0.39 is 11.9 Å². The Morgan fingerprint density at radius 2 is 1.90 bits per heavy atom. The van der Waals surface area contributed by atoms with Gasteiger partial charge in [-0.1, -0.05) is 37.3 Å². The highest BCUT2D eigenvalue weighted by Gasteiger charge is 2.17. The Bertz CT molecular complexity index is 1200. The van der Waals surface area contributed by atoms with E-state index in [1.165, 1.54) is 24.9 Å². The molecular weight excluding hydrogens is 371 g/mol. The largest absolute Gasteiger partial charge is 0.465 e. The van der Waals surface area contributed by atoms with Crippen molar-refractivity contribution in [2.24, 2.45) is 0 Å². The second kappa shape index (κ2) is 7.75. The highest BCUT2D eigenvalue weighted by Crippen LogP contribution is 2.32. The minimum absolute atomic E-state index is 0.202. The van der Waals surface area contributed by atoms with Gasteiger partial charge in [-0.25, -0.2) is 4.79 Å². The van der Waals surface area contributed by atoms with E-state index >= 15 is 0 Å². The second-order valence-electron chi connectivity index (χ2n) is 6.60. The highest BCUT2D eigenvalue weighted by atomic mass is 19.1. The Hall–Kier alpha value is -3.67. The first kappa shape index (κ1) is 18.7. The summed E-state index contributed by atoms with van der Waals surface area (Å²) in [5, 5.41) is 8.08. The summed E-state index contributed by atoms with van der Waals surface area (Å²) in [6.45, 7) is 2.11. The van der Waals surface area contributed by atoms with Crippen LogP contribution < -0.4 is 4.74 Å². The molecule has 0 aliphatic heterocycles. The SMILES string of the molecule is CCc1ccc2ccc(Oc3ccc(-c4cn[nH]c4F)cc3C(=O)OC)cc2c1. The van der Waals surface area contributed by atoms with Gasteiger partial charge in [0.15, 0.2) is 0 Å². The third kappa shape index (κ3) is 3.69. The standard InChI is InChI=1S/C23H19FN2O3/c1-3-14-4-5-15-6-8-18(11-17(15)10-14)29-21-9-7-16(12-19(21)23(27)28-2)20-13-25-26-22(20)24/h4-13H,3H2,1-2H3,(H,25,26). The van der Waals surface area contributed by atoms with Crippen molar-refractivity contribution in [1.82, 2.24) is 10.2 Å². The van der Waals surface area contributed by atoms with Gasteiger partial charge in [0.05, 0.1) is 18.9 Å². The fourth-order valence-electron chi connectivity index (χ4n) is 3.21. The number of hydrogen-bond acceptors (Lipinski definition) is 4. The molecule has 1 N–H and O–H groups in total. The van der Waals surface area contributed by atoms with E-state index in [4.69, 9.17) is 9.47 Å². The normalized spacial score (nSPS) is 10.9. The van der Waals surface area contributed by atoms with Gasteiger partial charge in [-0.05, 0) is 52.6 Å². The van der Waals surface area contributed by atoms with E-state index in [0.717, 1.165) is 17.2 Å². The molecule has 5 nitrogen and oxygen atoms in total. The zero-order chi connectivity index (χ0) is 20.4. The van der Waals surface area contributed by atoms with Crippen molar-refractivity contribution >= 4 is 16.7 Å². The molecule has 1 aromatic heterocycles. The zero-order valence-corrected chi connectivity index (χ0v) is 16.0. The summed E-state index contributed by atoms with van der Waals surface area (Å²) < 4.78 is 24.7. The van der Waals surface area contributed by atoms with Crippen LogP contribution in [-0.4, -0.2) is 23.3 Å². The van der Waals surface area contributed by atoms with Gasteiger partial charge < -0.3 is 9.47 Å². The molecule has 0 aliphatic carbocycles. The number of halogens is 1. The van der Waals surface area contributed by atoms with Gasteiger partial charge in [0, 0.05) is 0 Å². The Labute approximate surface area is 167 Å². The highest BCUT2D eigenvalue weighted by molar-refractivity contribution is 5.94. The Morgan fingerprint density at radius 1 is 1.07 bits per heavy atom. The number of H-pyrrole nitrogens is 1. The smallest absolute Gasteiger partial charge is 0.341 e. The molecule has 4 rings (SSSR count). The van der Waals surface area contributed by atoms with Crippen molar-refractivity contribution in [2.45, 2.75) is 13.3 Å². The summed E-state index contributed by atoms with van der Waals surface area (Å²) >= 11 is 0. The first-order valence-electron chi connectivity index (χ1n) is 9.21. The van der Waals surface area contributed by atoms with Crippen molar-refractivity contribution in [2.75, 3.05) is 7.11 Å². The Morgan fingerprint density at radius 3 is 2.62 bits per heavy atom. The molecule has 146 valence electrons. The summed E-state index contributed by atoms with van der Waals surface area (Å²) in [5.74, 6) is -0.218. The summed E-state index contributed by atoms with van der Waals surface area (Å²) in [6, 6.07) is 16.9. The number of hydrogen-bond donors (Lipinski definition) is 1. The molecule has 0 unspecified atom stereocenters. The molecule has 4 aromatic rings. The van der Waals surface area contributed by atoms with Gasteiger partial charge in [0.2, 0.25) is 5.95 Å². The van der Waals surface area contributed by atoms with Crippen LogP contribution in [0.15, 0.2) is 60.8 Å². The van der Waals surface area contributed by atoms with Crippen LogP contribution in [0, 0.1) is 5.95 Å². The van der Waals surface area contributed by atoms with Crippen molar-refractivity contribution < 1.29 is 18.7 Å². The van der Waals surface area contributed by atoms with Gasteiger partial charge in [-0.3, -0.25) is 5.10 Å². The van der Waals surface area contributed by atoms with Crippen LogP contribution >= 0.6 is 0 Å². The lowest BCUT2D eigenvalue weighted by Crippen LogP contribution is -2.04. The molecule has 3 aromatic carbocycles. The van der Waals surface area contributed by atoms with Gasteiger partial charge in [0.1, 0.15) is 17.1 Å². The monoisotopic (exact) mass is 390 g/mol. The molecule has 0 bridgehead atoms. The van der Waals surface area contributed by atoms with Gasteiger partial charge in [-0.2, -0.15) is 9.49 Å². The maximum atomic E-state index is 13.8. The summed E-state index contributed by atoms with van der Waals surface area (Å²) in [7, 11) is 1.29. The van der Waals surface area contributed by atoms with E-state index in [2.05, 4.69) is 35.3 Å². The fraction of sp³-hybridized carbons (Fsp3) is 0.130. The zero-order valence-electron chi connectivity index (χ0n) is 16.0. The number of carbonyl (C=O) groups excluding carboxylic acids is 1. The van der Waals surface area contributed by atoms with Crippen LogP contribution in [0.4, 0.5) is 4.39 Å². The van der Waals surface area contributed by atoms with Crippen molar-refractivity contribution in [1.29, 1.82) is 0 Å². The number of nitrogens with zero attached hydrogens (tertiary/aromatic N) is 1. The quantitative estimate of drug-likeness (QED) is 0.456. The van der Waals surface area contributed by atoms with Gasteiger partial charge in [-0.15, -0.1) is 0 Å². The molecule has 29 heavy (non-hydrogen) atoms. The van der Waals surface area contributed by atoms with E-state index in [1.54, 1.807) is 12.1 Å². The summed E-state index contributed by atoms with van der Waals surface area (Å²) in [6.07, 6.45) is 2.31. The lowest BCUT2D eigenvalue weighted by Gasteiger charge is -2.12. The number of aryl methyl sites for hydroxylation is 1. The number of benzene rings is 3. The van der Waals surface area contributed by atoms with Gasteiger partial charge in [0.25, 0.3) is 0 Å². The number of fused-ring (bicyclic) bond motifs is 1. The predicted octanol–water partition coefficient (Wildman–Crippen LogP) is 5.51. The lowest BCUT2D eigenvalue weighted by molar-refractivity contribution is 0.0598. The van der Waals surface area contributed by atoms with Crippen molar-refractivity contribution in [3.8, 4) is 22.6 Å². The first-order valence-corrected chi connectivity index (χ1v) is 9.21. The molecule has 0 atom stereocenters. The molecule has 0 spiro atoms. The molecule has 0 saturated carbocycles. The number of methoxy groups -OCH3 is 1. The molecule has 0 radical (unpaired) electrons. The number of aromatic amines is 1. The summed E-state index contributed by atoms with van der Waals surface area (Å²) in [4.78, 5) is 12.3. The molecule has 0 amide bonds.